The Kier molecular flexibility index (Phi) is 8.57. The van der Waals surface area contributed by atoms with Gasteiger partial charge >= 0.3 is 0 Å². The van der Waals surface area contributed by atoms with Gasteiger partial charge in [0.15, 0.2) is 18.1 Å². The molecule has 0 heterocycles. The summed E-state index contributed by atoms with van der Waals surface area (Å²) < 4.78 is 16.8. The van der Waals surface area contributed by atoms with E-state index in [2.05, 4.69) is 10.5 Å². The summed E-state index contributed by atoms with van der Waals surface area (Å²) in [5.41, 5.74) is 6.27. The minimum atomic E-state index is -0.370. The number of hydrazone groups is 1. The van der Waals surface area contributed by atoms with Gasteiger partial charge in [-0.05, 0) is 53.1 Å². The van der Waals surface area contributed by atoms with Crippen molar-refractivity contribution in [3.63, 3.8) is 0 Å². The fourth-order valence-electron chi connectivity index (χ4n) is 3.39. The minimum Gasteiger partial charge on any atom is -0.493 e. The van der Waals surface area contributed by atoms with Crippen LogP contribution in [0, 0.1) is 0 Å². The Morgan fingerprint density at radius 1 is 0.861 bits per heavy atom. The largest absolute Gasteiger partial charge is 0.493 e. The van der Waals surface area contributed by atoms with E-state index in [0.717, 1.165) is 22.3 Å². The van der Waals surface area contributed by atoms with Crippen LogP contribution in [0.3, 0.4) is 0 Å². The number of nitrogens with one attached hydrogen (secondary N) is 1. The monoisotopic (exact) mass is 500 g/mol. The molecule has 4 aromatic carbocycles. The number of carbonyl (C=O) groups is 1. The van der Waals surface area contributed by atoms with Gasteiger partial charge in [0.25, 0.3) is 5.91 Å². The number of nitrogens with zero attached hydrogens (tertiary/aromatic N) is 1. The summed E-state index contributed by atoms with van der Waals surface area (Å²) in [7, 11) is 1.56. The van der Waals surface area contributed by atoms with E-state index >= 15 is 0 Å². The van der Waals surface area contributed by atoms with Crippen molar-refractivity contribution in [3.05, 3.63) is 113 Å². The van der Waals surface area contributed by atoms with Crippen molar-refractivity contribution < 1.29 is 19.0 Å². The first-order valence-electron chi connectivity index (χ1n) is 11.3. The third-order valence-electron chi connectivity index (χ3n) is 5.26. The van der Waals surface area contributed by atoms with Gasteiger partial charge in [0.2, 0.25) is 0 Å². The highest BCUT2D eigenvalue weighted by Gasteiger charge is 2.08. The number of hydrogen-bond acceptors (Lipinski definition) is 5. The van der Waals surface area contributed by atoms with E-state index < -0.39 is 0 Å². The predicted octanol–water partition coefficient (Wildman–Crippen LogP) is 6.12. The zero-order chi connectivity index (χ0) is 25.2. The Morgan fingerprint density at radius 3 is 2.33 bits per heavy atom. The van der Waals surface area contributed by atoms with Gasteiger partial charge < -0.3 is 14.2 Å². The summed E-state index contributed by atoms with van der Waals surface area (Å²) in [6, 6.07) is 30.5. The lowest BCUT2D eigenvalue weighted by atomic mass is 10.1. The number of amides is 1. The van der Waals surface area contributed by atoms with Gasteiger partial charge in [-0.1, -0.05) is 72.3 Å². The summed E-state index contributed by atoms with van der Waals surface area (Å²) in [5, 5.41) is 4.64. The van der Waals surface area contributed by atoms with Crippen LogP contribution in [0.4, 0.5) is 0 Å². The highest BCUT2D eigenvalue weighted by atomic mass is 35.5. The van der Waals surface area contributed by atoms with Gasteiger partial charge in [0.05, 0.1) is 13.3 Å². The Morgan fingerprint density at radius 2 is 1.58 bits per heavy atom. The van der Waals surface area contributed by atoms with Crippen LogP contribution in [-0.2, 0) is 11.4 Å². The number of rotatable bonds is 10. The SMILES string of the molecule is COc1cc(/C=N/NC(=O)COc2ccc(-c3ccccc3)cc2)ccc1OCc1ccccc1Cl. The molecule has 4 rings (SSSR count). The quantitative estimate of drug-likeness (QED) is 0.210. The molecule has 0 spiro atoms. The standard InChI is InChI=1S/C29H25ClN2O4/c1-34-28-17-21(11-16-27(28)36-19-24-9-5-6-10-26(24)30)18-31-32-29(33)20-35-25-14-12-23(13-15-25)22-7-3-2-4-8-22/h2-18H,19-20H2,1H3,(H,32,33)/b31-18+. The van der Waals surface area contributed by atoms with E-state index in [9.17, 15) is 4.79 Å². The second-order valence-corrected chi connectivity index (χ2v) is 8.17. The lowest BCUT2D eigenvalue weighted by Gasteiger charge is -2.12. The molecule has 0 fully saturated rings. The summed E-state index contributed by atoms with van der Waals surface area (Å²) in [6.45, 7) is 0.161. The van der Waals surface area contributed by atoms with Gasteiger partial charge in [0, 0.05) is 10.6 Å². The summed E-state index contributed by atoms with van der Waals surface area (Å²) in [4.78, 5) is 12.1. The maximum atomic E-state index is 12.1. The first kappa shape index (κ1) is 24.8. The van der Waals surface area contributed by atoms with Gasteiger partial charge in [-0.15, -0.1) is 0 Å². The number of carbonyl (C=O) groups excluding carboxylic acids is 1. The zero-order valence-corrected chi connectivity index (χ0v) is 20.4. The molecule has 0 unspecified atom stereocenters. The molecule has 0 bridgehead atoms. The van der Waals surface area contributed by atoms with Gasteiger partial charge in [-0.25, -0.2) is 5.43 Å². The molecule has 6 nitrogen and oxygen atoms in total. The summed E-state index contributed by atoms with van der Waals surface area (Å²) in [5.74, 6) is 1.35. The van der Waals surface area contributed by atoms with Crippen LogP contribution in [0.5, 0.6) is 17.2 Å². The molecular formula is C29H25ClN2O4. The molecule has 4 aromatic rings. The van der Waals surface area contributed by atoms with Crippen LogP contribution in [0.25, 0.3) is 11.1 Å². The van der Waals surface area contributed by atoms with Crippen molar-refractivity contribution in [2.75, 3.05) is 13.7 Å². The molecule has 1 N–H and O–H groups in total. The second kappa shape index (κ2) is 12.4. The molecule has 7 heteroatoms. The molecular weight excluding hydrogens is 476 g/mol. The van der Waals surface area contributed by atoms with E-state index in [-0.39, 0.29) is 12.5 Å². The highest BCUT2D eigenvalue weighted by Crippen LogP contribution is 2.29. The van der Waals surface area contributed by atoms with Crippen molar-refractivity contribution in [3.8, 4) is 28.4 Å². The van der Waals surface area contributed by atoms with Crippen molar-refractivity contribution in [1.29, 1.82) is 0 Å². The van der Waals surface area contributed by atoms with E-state index in [4.69, 9.17) is 25.8 Å². The summed E-state index contributed by atoms with van der Waals surface area (Å²) in [6.07, 6.45) is 1.52. The maximum absolute atomic E-state index is 12.1. The Balaban J connectivity index is 1.26. The van der Waals surface area contributed by atoms with E-state index in [1.165, 1.54) is 6.21 Å². The lowest BCUT2D eigenvalue weighted by molar-refractivity contribution is -0.123. The zero-order valence-electron chi connectivity index (χ0n) is 19.7. The molecule has 0 atom stereocenters. The van der Waals surface area contributed by atoms with Crippen LogP contribution in [0.1, 0.15) is 11.1 Å². The third kappa shape index (κ3) is 6.87. The minimum absolute atomic E-state index is 0.153. The molecule has 0 saturated carbocycles. The van der Waals surface area contributed by atoms with Crippen molar-refractivity contribution in [2.24, 2.45) is 5.10 Å². The van der Waals surface area contributed by atoms with Crippen molar-refractivity contribution in [2.45, 2.75) is 6.61 Å². The number of halogens is 1. The smallest absolute Gasteiger partial charge is 0.277 e. The first-order valence-corrected chi connectivity index (χ1v) is 11.6. The van der Waals surface area contributed by atoms with E-state index in [1.54, 1.807) is 19.2 Å². The topological polar surface area (TPSA) is 69.2 Å². The van der Waals surface area contributed by atoms with Crippen LogP contribution in [-0.4, -0.2) is 25.8 Å². The predicted molar refractivity (Wildman–Crippen MR) is 142 cm³/mol. The number of hydrogen-bond donors (Lipinski definition) is 1. The van der Waals surface area contributed by atoms with Crippen LogP contribution in [0.15, 0.2) is 102 Å². The van der Waals surface area contributed by atoms with Crippen LogP contribution in [0.2, 0.25) is 5.02 Å². The van der Waals surface area contributed by atoms with Crippen molar-refractivity contribution in [1.82, 2.24) is 5.43 Å². The number of methoxy groups -OCH3 is 1. The Hall–Kier alpha value is -4.29. The van der Waals surface area contributed by atoms with Gasteiger partial charge in [-0.2, -0.15) is 5.10 Å². The Bertz CT molecular complexity index is 1320. The molecule has 0 aliphatic rings. The third-order valence-corrected chi connectivity index (χ3v) is 5.63. The number of benzene rings is 4. The molecule has 0 radical (unpaired) electrons. The fraction of sp³-hybridized carbons (Fsp3) is 0.103. The van der Waals surface area contributed by atoms with Gasteiger partial charge in [-0.3, -0.25) is 4.79 Å². The van der Waals surface area contributed by atoms with Crippen LogP contribution >= 0.6 is 11.6 Å². The molecule has 0 aliphatic heterocycles. The number of ether oxygens (including phenoxy) is 3. The molecule has 0 aromatic heterocycles. The second-order valence-electron chi connectivity index (χ2n) is 7.76. The molecule has 182 valence electrons. The van der Waals surface area contributed by atoms with E-state index in [1.807, 2.05) is 84.9 Å². The molecule has 1 amide bonds. The molecule has 0 saturated heterocycles. The summed E-state index contributed by atoms with van der Waals surface area (Å²) >= 11 is 6.19. The average Bonchev–Trinajstić information content (AvgIpc) is 2.92. The van der Waals surface area contributed by atoms with Crippen molar-refractivity contribution >= 4 is 23.7 Å². The Labute approximate surface area is 215 Å². The normalized spacial score (nSPS) is 10.7. The van der Waals surface area contributed by atoms with E-state index in [0.29, 0.717) is 28.9 Å². The van der Waals surface area contributed by atoms with Gasteiger partial charge in [0.1, 0.15) is 12.4 Å². The van der Waals surface area contributed by atoms with Crippen LogP contribution < -0.4 is 19.6 Å². The average molecular weight is 501 g/mol. The lowest BCUT2D eigenvalue weighted by Crippen LogP contribution is -2.24. The fourth-order valence-corrected chi connectivity index (χ4v) is 3.58. The maximum Gasteiger partial charge on any atom is 0.277 e. The first-order chi connectivity index (χ1) is 17.6. The molecule has 0 aliphatic carbocycles. The highest BCUT2D eigenvalue weighted by molar-refractivity contribution is 6.31. The molecule has 36 heavy (non-hydrogen) atoms.